The number of hydrogen-bond acceptors (Lipinski definition) is 7. The van der Waals surface area contributed by atoms with E-state index in [0.29, 0.717) is 50.2 Å². The second kappa shape index (κ2) is 11.1. The van der Waals surface area contributed by atoms with Crippen molar-refractivity contribution in [1.82, 2.24) is 14.9 Å². The fourth-order valence-corrected chi connectivity index (χ4v) is 6.55. The minimum atomic E-state index is -0.220. The van der Waals surface area contributed by atoms with Crippen LogP contribution in [0.4, 0.5) is 23.0 Å². The van der Waals surface area contributed by atoms with Crippen LogP contribution in [0.1, 0.15) is 36.0 Å². The normalized spacial score (nSPS) is 19.6. The summed E-state index contributed by atoms with van der Waals surface area (Å²) in [6, 6.07) is 14.8. The molecule has 3 aromatic rings. The number of nitrogens with one attached hydrogen (secondary N) is 1. The summed E-state index contributed by atoms with van der Waals surface area (Å²) in [5.41, 5.74) is 3.03. The number of thioether (sulfide) groups is 1. The zero-order valence-corrected chi connectivity index (χ0v) is 23.4. The Morgan fingerprint density at radius 2 is 1.62 bits per heavy atom. The van der Waals surface area contributed by atoms with Crippen LogP contribution in [0.3, 0.4) is 0 Å². The van der Waals surface area contributed by atoms with Gasteiger partial charge in [-0.3, -0.25) is 9.69 Å². The summed E-state index contributed by atoms with van der Waals surface area (Å²) in [6.07, 6.45) is 6.45. The van der Waals surface area contributed by atoms with Crippen LogP contribution in [0.15, 0.2) is 53.7 Å². The summed E-state index contributed by atoms with van der Waals surface area (Å²) >= 11 is 14.1. The van der Waals surface area contributed by atoms with Crippen molar-refractivity contribution >= 4 is 63.9 Å². The van der Waals surface area contributed by atoms with Crippen molar-refractivity contribution in [2.45, 2.75) is 42.8 Å². The van der Waals surface area contributed by atoms with Gasteiger partial charge in [0, 0.05) is 36.7 Å². The summed E-state index contributed by atoms with van der Waals surface area (Å²) in [5, 5.41) is 4.76. The highest BCUT2D eigenvalue weighted by Gasteiger charge is 2.30. The molecule has 37 heavy (non-hydrogen) atoms. The first-order chi connectivity index (χ1) is 17.8. The molecule has 0 spiro atoms. The van der Waals surface area contributed by atoms with Crippen molar-refractivity contribution in [3.63, 3.8) is 0 Å². The number of nitrogens with zero attached hydrogens (tertiary/aromatic N) is 5. The van der Waals surface area contributed by atoms with E-state index in [0.717, 1.165) is 5.69 Å². The molecule has 2 aromatic carbocycles. The molecule has 2 heterocycles. The van der Waals surface area contributed by atoms with E-state index >= 15 is 0 Å². The molecule has 1 N–H and O–H groups in total. The van der Waals surface area contributed by atoms with Gasteiger partial charge in [-0.2, -0.15) is 0 Å². The maximum atomic E-state index is 13.2. The molecule has 0 atom stereocenters. The Morgan fingerprint density at radius 3 is 2.27 bits per heavy atom. The molecule has 1 aliphatic carbocycles. The Hall–Kier alpha value is -2.52. The van der Waals surface area contributed by atoms with Gasteiger partial charge in [0.15, 0.2) is 0 Å². The number of halogens is 2. The number of anilines is 4. The Balaban J connectivity index is 1.25. The Bertz CT molecular complexity index is 1260. The first-order valence-electron chi connectivity index (χ1n) is 12.3. The molecule has 10 heteroatoms. The first-order valence-corrected chi connectivity index (χ1v) is 14.1. The average molecular weight is 558 g/mol. The Morgan fingerprint density at radius 1 is 0.973 bits per heavy atom. The highest BCUT2D eigenvalue weighted by molar-refractivity contribution is 7.99. The molecule has 1 aliphatic heterocycles. The lowest BCUT2D eigenvalue weighted by molar-refractivity contribution is 0.0985. The average Bonchev–Trinajstić information content (AvgIpc) is 2.90. The number of rotatable bonds is 6. The van der Waals surface area contributed by atoms with Crippen LogP contribution in [0, 0.1) is 0 Å². The van der Waals surface area contributed by atoms with Crippen LogP contribution in [0.25, 0.3) is 0 Å². The van der Waals surface area contributed by atoms with Gasteiger partial charge < -0.3 is 15.1 Å². The summed E-state index contributed by atoms with van der Waals surface area (Å²) in [4.78, 5) is 28.5. The topological polar surface area (TPSA) is 64.6 Å². The number of para-hydroxylation sites is 1. The van der Waals surface area contributed by atoms with Gasteiger partial charge in [0.05, 0.1) is 27.2 Å². The molecule has 0 bridgehead atoms. The molecule has 0 radical (unpaired) electrons. The van der Waals surface area contributed by atoms with Gasteiger partial charge in [-0.25, -0.2) is 9.97 Å². The molecule has 2 aliphatic rings. The predicted octanol–water partition coefficient (Wildman–Crippen LogP) is 6.55. The van der Waals surface area contributed by atoms with Crippen molar-refractivity contribution in [2.75, 3.05) is 42.1 Å². The maximum Gasteiger partial charge on any atom is 0.263 e. The molecule has 1 fully saturated rings. The maximum absolute atomic E-state index is 13.2. The van der Waals surface area contributed by atoms with E-state index in [2.05, 4.69) is 58.4 Å². The number of hydrogen-bond donors (Lipinski definition) is 1. The van der Waals surface area contributed by atoms with Gasteiger partial charge >= 0.3 is 0 Å². The van der Waals surface area contributed by atoms with Crippen molar-refractivity contribution in [3.05, 3.63) is 64.3 Å². The smallest absolute Gasteiger partial charge is 0.263 e. The van der Waals surface area contributed by atoms with Crippen molar-refractivity contribution < 1.29 is 4.79 Å². The molecule has 1 aromatic heterocycles. The minimum Gasteiger partial charge on any atom is -0.372 e. The molecule has 1 amide bonds. The number of carbonyl (C=O) groups is 1. The van der Waals surface area contributed by atoms with E-state index < -0.39 is 0 Å². The second-order valence-electron chi connectivity index (χ2n) is 9.70. The van der Waals surface area contributed by atoms with E-state index in [-0.39, 0.29) is 5.91 Å². The SMILES string of the molecule is CN(C)C1CCC(N(C)c2ccc(Nc3ncc4c(n3)SCN(c3c(Cl)cccc3Cl)C4=O)cc2)CC1. The van der Waals surface area contributed by atoms with Gasteiger partial charge in [-0.1, -0.05) is 41.0 Å². The molecule has 7 nitrogen and oxygen atoms in total. The first kappa shape index (κ1) is 26.1. The van der Waals surface area contributed by atoms with Crippen LogP contribution in [0.2, 0.25) is 10.0 Å². The number of aromatic nitrogens is 2. The van der Waals surface area contributed by atoms with E-state index in [1.54, 1.807) is 29.3 Å². The van der Waals surface area contributed by atoms with E-state index in [4.69, 9.17) is 23.2 Å². The molecule has 194 valence electrons. The fraction of sp³-hybridized carbons (Fsp3) is 0.370. The highest BCUT2D eigenvalue weighted by Crippen LogP contribution is 2.39. The van der Waals surface area contributed by atoms with E-state index in [9.17, 15) is 4.79 Å². The highest BCUT2D eigenvalue weighted by atomic mass is 35.5. The largest absolute Gasteiger partial charge is 0.372 e. The van der Waals surface area contributed by atoms with Crippen LogP contribution < -0.4 is 15.1 Å². The minimum absolute atomic E-state index is 0.220. The third-order valence-electron chi connectivity index (χ3n) is 7.24. The van der Waals surface area contributed by atoms with Gasteiger partial charge in [-0.05, 0) is 76.2 Å². The molecule has 1 saturated carbocycles. The van der Waals surface area contributed by atoms with Gasteiger partial charge in [0.2, 0.25) is 5.95 Å². The van der Waals surface area contributed by atoms with Gasteiger partial charge in [-0.15, -0.1) is 0 Å². The van der Waals surface area contributed by atoms with E-state index in [1.807, 2.05) is 12.1 Å². The van der Waals surface area contributed by atoms with Gasteiger partial charge in [0.25, 0.3) is 5.91 Å². The van der Waals surface area contributed by atoms with Crippen LogP contribution >= 0.6 is 35.0 Å². The number of carbonyl (C=O) groups excluding carboxylic acids is 1. The summed E-state index contributed by atoms with van der Waals surface area (Å²) in [5.74, 6) is 0.595. The quantitative estimate of drug-likeness (QED) is 0.345. The predicted molar refractivity (Wildman–Crippen MR) is 154 cm³/mol. The Labute approximate surface area is 232 Å². The van der Waals surface area contributed by atoms with Crippen LogP contribution in [-0.2, 0) is 0 Å². The van der Waals surface area contributed by atoms with Crippen molar-refractivity contribution in [3.8, 4) is 0 Å². The van der Waals surface area contributed by atoms with E-state index in [1.165, 1.54) is 43.1 Å². The lowest BCUT2D eigenvalue weighted by atomic mass is 9.89. The summed E-state index contributed by atoms with van der Waals surface area (Å²) in [6.45, 7) is 0. The number of fused-ring (bicyclic) bond motifs is 1. The molecule has 0 unspecified atom stereocenters. The van der Waals surface area contributed by atoms with Gasteiger partial charge in [0.1, 0.15) is 5.03 Å². The van der Waals surface area contributed by atoms with Crippen molar-refractivity contribution in [1.29, 1.82) is 0 Å². The number of benzene rings is 2. The third-order valence-corrected chi connectivity index (χ3v) is 8.82. The van der Waals surface area contributed by atoms with Crippen LogP contribution in [0.5, 0.6) is 0 Å². The molecule has 0 saturated heterocycles. The van der Waals surface area contributed by atoms with Crippen LogP contribution in [-0.4, -0.2) is 59.9 Å². The fourth-order valence-electron chi connectivity index (χ4n) is 5.01. The monoisotopic (exact) mass is 556 g/mol. The number of amides is 1. The zero-order valence-electron chi connectivity index (χ0n) is 21.1. The summed E-state index contributed by atoms with van der Waals surface area (Å²) in [7, 11) is 6.53. The lowest BCUT2D eigenvalue weighted by Gasteiger charge is -2.38. The third kappa shape index (κ3) is 5.53. The van der Waals surface area contributed by atoms with Crippen molar-refractivity contribution in [2.24, 2.45) is 0 Å². The Kier molecular flexibility index (Phi) is 7.81. The zero-order chi connectivity index (χ0) is 26.1. The molecular weight excluding hydrogens is 527 g/mol. The standard InChI is InChI=1S/C27H30Cl2N6OS/c1-33(2)18-11-13-20(14-12-18)34(3)19-9-7-17(8-10-19)31-27-30-15-21-25(32-27)37-16-35(26(21)36)24-22(28)5-4-6-23(24)29/h4-10,15,18,20H,11-14,16H2,1-3H3,(H,30,31,32). The molecule has 5 rings (SSSR count). The second-order valence-corrected chi connectivity index (χ2v) is 11.4. The molecular formula is C27H30Cl2N6OS. The lowest BCUT2D eigenvalue weighted by Crippen LogP contribution is -2.40. The summed E-state index contributed by atoms with van der Waals surface area (Å²) < 4.78 is 0.